The summed E-state index contributed by atoms with van der Waals surface area (Å²) in [5.74, 6) is 0.392. The predicted molar refractivity (Wildman–Crippen MR) is 74.7 cm³/mol. The molecule has 114 valence electrons. The molecule has 1 N–H and O–H groups in total. The molecule has 0 bridgehead atoms. The number of aliphatic hydroxyl groups excluding tert-OH is 1. The van der Waals surface area contributed by atoms with Crippen molar-refractivity contribution in [3.63, 3.8) is 0 Å². The Hall–Kier alpha value is -2.65. The summed E-state index contributed by atoms with van der Waals surface area (Å²) in [5, 5.41) is 19.0. The number of aliphatic hydroxyl groups is 1. The van der Waals surface area contributed by atoms with E-state index in [-0.39, 0.29) is 12.4 Å². The summed E-state index contributed by atoms with van der Waals surface area (Å²) in [6.45, 7) is -2.95. The highest BCUT2D eigenvalue weighted by Crippen LogP contribution is 2.22. The average Bonchev–Trinajstić information content (AvgIpc) is 2.53. The zero-order chi connectivity index (χ0) is 15.9. The first-order chi connectivity index (χ1) is 10.6. The van der Waals surface area contributed by atoms with Crippen LogP contribution in [0.1, 0.15) is 17.2 Å². The molecule has 0 saturated carbocycles. The quantitative estimate of drug-likeness (QED) is 0.889. The molecule has 2 aromatic rings. The van der Waals surface area contributed by atoms with E-state index in [4.69, 9.17) is 10.00 Å². The van der Waals surface area contributed by atoms with Gasteiger partial charge in [0.2, 0.25) is 0 Å². The van der Waals surface area contributed by atoms with Crippen LogP contribution in [0.25, 0.3) is 0 Å². The third-order valence-corrected chi connectivity index (χ3v) is 2.89. The number of ether oxygens (including phenoxy) is 2. The SMILES string of the molecule is N#Cc1ccccc1OCC(O)c1ccc(OC(F)F)cc1. The Bertz CT molecular complexity index is 653. The van der Waals surface area contributed by atoms with Crippen molar-refractivity contribution < 1.29 is 23.4 Å². The summed E-state index contributed by atoms with van der Waals surface area (Å²) < 4.78 is 33.7. The summed E-state index contributed by atoms with van der Waals surface area (Å²) in [7, 11) is 0. The van der Waals surface area contributed by atoms with Crippen molar-refractivity contribution in [3.05, 3.63) is 59.7 Å². The Morgan fingerprint density at radius 1 is 1.09 bits per heavy atom. The zero-order valence-corrected chi connectivity index (χ0v) is 11.4. The maximum Gasteiger partial charge on any atom is 0.387 e. The lowest BCUT2D eigenvalue weighted by atomic mass is 10.1. The summed E-state index contributed by atoms with van der Waals surface area (Å²) >= 11 is 0. The highest BCUT2D eigenvalue weighted by Gasteiger charge is 2.11. The van der Waals surface area contributed by atoms with E-state index >= 15 is 0 Å². The Morgan fingerprint density at radius 3 is 2.41 bits per heavy atom. The lowest BCUT2D eigenvalue weighted by molar-refractivity contribution is -0.0498. The molecule has 1 unspecified atom stereocenters. The summed E-state index contributed by atoms with van der Waals surface area (Å²) in [4.78, 5) is 0. The van der Waals surface area contributed by atoms with E-state index < -0.39 is 12.7 Å². The molecule has 6 heteroatoms. The maximum atomic E-state index is 12.0. The minimum Gasteiger partial charge on any atom is -0.489 e. The number of halogens is 2. The highest BCUT2D eigenvalue weighted by atomic mass is 19.3. The van der Waals surface area contributed by atoms with Crippen LogP contribution < -0.4 is 9.47 Å². The van der Waals surface area contributed by atoms with Gasteiger partial charge in [-0.15, -0.1) is 0 Å². The van der Waals surface area contributed by atoms with Gasteiger partial charge < -0.3 is 14.6 Å². The summed E-state index contributed by atoms with van der Waals surface area (Å²) in [6, 6.07) is 14.3. The van der Waals surface area contributed by atoms with Crippen molar-refractivity contribution in [1.82, 2.24) is 0 Å². The first-order valence-corrected chi connectivity index (χ1v) is 6.45. The van der Waals surface area contributed by atoms with Crippen LogP contribution in [0.15, 0.2) is 48.5 Å². The van der Waals surface area contributed by atoms with Crippen LogP contribution in [0.4, 0.5) is 8.78 Å². The summed E-state index contributed by atoms with van der Waals surface area (Å²) in [6.07, 6.45) is -0.952. The fourth-order valence-corrected chi connectivity index (χ4v) is 1.82. The van der Waals surface area contributed by atoms with Crippen molar-refractivity contribution in [1.29, 1.82) is 5.26 Å². The van der Waals surface area contributed by atoms with Crippen LogP contribution in [0.3, 0.4) is 0 Å². The minimum atomic E-state index is -2.89. The van der Waals surface area contributed by atoms with Crippen molar-refractivity contribution in [3.8, 4) is 17.6 Å². The first-order valence-electron chi connectivity index (χ1n) is 6.45. The molecule has 0 heterocycles. The van der Waals surface area contributed by atoms with Crippen molar-refractivity contribution in [2.75, 3.05) is 6.61 Å². The lowest BCUT2D eigenvalue weighted by Crippen LogP contribution is -2.10. The van der Waals surface area contributed by atoms with Crippen LogP contribution in [0.2, 0.25) is 0 Å². The molecule has 4 nitrogen and oxygen atoms in total. The third kappa shape index (κ3) is 4.17. The Balaban J connectivity index is 1.97. The molecule has 2 aromatic carbocycles. The summed E-state index contributed by atoms with van der Waals surface area (Å²) in [5.41, 5.74) is 0.867. The van der Waals surface area contributed by atoms with Gasteiger partial charge in [-0.1, -0.05) is 24.3 Å². The van der Waals surface area contributed by atoms with Gasteiger partial charge in [0.25, 0.3) is 0 Å². The second-order valence-electron chi connectivity index (χ2n) is 4.38. The molecule has 0 amide bonds. The molecule has 0 aliphatic heterocycles. The predicted octanol–water partition coefficient (Wildman–Crippen LogP) is 3.27. The fourth-order valence-electron chi connectivity index (χ4n) is 1.82. The molecule has 0 aromatic heterocycles. The molecule has 2 rings (SSSR count). The number of hydrogen-bond acceptors (Lipinski definition) is 4. The standard InChI is InChI=1S/C16H13F2NO3/c17-16(18)22-13-7-5-11(6-8-13)14(20)10-21-15-4-2-1-3-12(15)9-19/h1-8,14,16,20H,10H2. The molecule has 22 heavy (non-hydrogen) atoms. The third-order valence-electron chi connectivity index (χ3n) is 2.89. The molecule has 1 atom stereocenters. The maximum absolute atomic E-state index is 12.0. The van der Waals surface area contributed by atoms with E-state index in [0.717, 1.165) is 0 Å². The monoisotopic (exact) mass is 305 g/mol. The van der Waals surface area contributed by atoms with Gasteiger partial charge in [0.15, 0.2) is 0 Å². The molecular formula is C16H13F2NO3. The van der Waals surface area contributed by atoms with Crippen LogP contribution in [0.5, 0.6) is 11.5 Å². The molecule has 0 fully saturated rings. The zero-order valence-electron chi connectivity index (χ0n) is 11.4. The van der Waals surface area contributed by atoms with Gasteiger partial charge in [-0.25, -0.2) is 0 Å². The number of para-hydroxylation sites is 1. The second kappa shape index (κ2) is 7.38. The Kier molecular flexibility index (Phi) is 5.28. The van der Waals surface area contributed by atoms with Gasteiger partial charge >= 0.3 is 6.61 Å². The normalized spacial score (nSPS) is 11.8. The van der Waals surface area contributed by atoms with Crippen LogP contribution in [-0.2, 0) is 0 Å². The topological polar surface area (TPSA) is 62.5 Å². The van der Waals surface area contributed by atoms with Crippen LogP contribution in [-0.4, -0.2) is 18.3 Å². The lowest BCUT2D eigenvalue weighted by Gasteiger charge is -2.14. The molecule has 0 aliphatic rings. The second-order valence-corrected chi connectivity index (χ2v) is 4.38. The van der Waals surface area contributed by atoms with E-state index in [0.29, 0.717) is 16.9 Å². The fraction of sp³-hybridized carbons (Fsp3) is 0.188. The van der Waals surface area contributed by atoms with Gasteiger partial charge in [0, 0.05) is 0 Å². The van der Waals surface area contributed by atoms with Gasteiger partial charge in [-0.2, -0.15) is 14.0 Å². The number of nitrogens with zero attached hydrogens (tertiary/aromatic N) is 1. The number of alkyl halides is 2. The smallest absolute Gasteiger partial charge is 0.387 e. The average molecular weight is 305 g/mol. The van der Waals surface area contributed by atoms with E-state index in [1.165, 1.54) is 24.3 Å². The number of benzene rings is 2. The molecule has 0 aliphatic carbocycles. The Labute approximate surface area is 126 Å². The van der Waals surface area contributed by atoms with Crippen LogP contribution >= 0.6 is 0 Å². The molecule has 0 saturated heterocycles. The largest absolute Gasteiger partial charge is 0.489 e. The number of nitriles is 1. The van der Waals surface area contributed by atoms with Gasteiger partial charge in [-0.05, 0) is 29.8 Å². The van der Waals surface area contributed by atoms with Gasteiger partial charge in [0.1, 0.15) is 30.3 Å². The first kappa shape index (κ1) is 15.7. The van der Waals surface area contributed by atoms with Crippen molar-refractivity contribution in [2.24, 2.45) is 0 Å². The van der Waals surface area contributed by atoms with E-state index in [2.05, 4.69) is 4.74 Å². The van der Waals surface area contributed by atoms with E-state index in [1.807, 2.05) is 6.07 Å². The molecule has 0 radical (unpaired) electrons. The van der Waals surface area contributed by atoms with E-state index in [1.54, 1.807) is 24.3 Å². The van der Waals surface area contributed by atoms with Gasteiger partial charge in [-0.3, -0.25) is 0 Å². The Morgan fingerprint density at radius 2 is 1.77 bits per heavy atom. The highest BCUT2D eigenvalue weighted by molar-refractivity contribution is 5.42. The van der Waals surface area contributed by atoms with Crippen molar-refractivity contribution in [2.45, 2.75) is 12.7 Å². The molecular weight excluding hydrogens is 292 g/mol. The van der Waals surface area contributed by atoms with E-state index in [9.17, 15) is 13.9 Å². The number of rotatable bonds is 6. The minimum absolute atomic E-state index is 0.0155. The number of hydrogen-bond donors (Lipinski definition) is 1. The van der Waals surface area contributed by atoms with Gasteiger partial charge in [0.05, 0.1) is 5.56 Å². The molecule has 0 spiro atoms. The van der Waals surface area contributed by atoms with Crippen LogP contribution in [0, 0.1) is 11.3 Å². The van der Waals surface area contributed by atoms with Crippen molar-refractivity contribution >= 4 is 0 Å².